The fourth-order valence-corrected chi connectivity index (χ4v) is 6.90. The van der Waals surface area contributed by atoms with Gasteiger partial charge in [0.2, 0.25) is 5.91 Å². The summed E-state index contributed by atoms with van der Waals surface area (Å²) in [5.41, 5.74) is 1.02. The van der Waals surface area contributed by atoms with E-state index in [1.807, 2.05) is 6.07 Å². The van der Waals surface area contributed by atoms with Crippen molar-refractivity contribution < 1.29 is 32.3 Å². The number of thiophene rings is 1. The number of para-hydroxylation sites is 1. The van der Waals surface area contributed by atoms with Gasteiger partial charge in [-0.3, -0.25) is 9.36 Å². The highest BCUT2D eigenvalue weighted by molar-refractivity contribution is 7.99. The number of carbonyl (C=O) groups is 3. The number of hydrogen-bond donors (Lipinski definition) is 1. The second-order valence-electron chi connectivity index (χ2n) is 8.22. The summed E-state index contributed by atoms with van der Waals surface area (Å²) in [4.78, 5) is 37.7. The molecule has 2 heterocycles. The molecule has 0 unspecified atom stereocenters. The maximum Gasteiger partial charge on any atom is 0.348 e. The molecule has 40 heavy (non-hydrogen) atoms. The van der Waals surface area contributed by atoms with Crippen molar-refractivity contribution in [1.29, 1.82) is 0 Å². The Morgan fingerprint density at radius 2 is 1.57 bits per heavy atom. The lowest BCUT2D eigenvalue weighted by molar-refractivity contribution is -0.113. The smallest absolute Gasteiger partial charge is 0.348 e. The molecule has 4 rings (SSSR count). The fourth-order valence-electron chi connectivity index (χ4n) is 3.73. The number of hydrogen-bond acceptors (Lipinski definition) is 11. The lowest BCUT2D eigenvalue weighted by Gasteiger charge is -2.11. The van der Waals surface area contributed by atoms with Crippen LogP contribution in [0.3, 0.4) is 0 Å². The minimum absolute atomic E-state index is 0.0621. The van der Waals surface area contributed by atoms with Crippen LogP contribution in [0.1, 0.15) is 31.4 Å². The molecule has 14 heteroatoms. The minimum Gasteiger partial charge on any atom is -0.465 e. The van der Waals surface area contributed by atoms with E-state index in [0.29, 0.717) is 16.4 Å². The normalized spacial score (nSPS) is 11.2. The number of anilines is 1. The van der Waals surface area contributed by atoms with Crippen molar-refractivity contribution in [3.05, 3.63) is 82.5 Å². The maximum absolute atomic E-state index is 13.1. The second-order valence-corrected chi connectivity index (χ2v) is 12.2. The van der Waals surface area contributed by atoms with Gasteiger partial charge < -0.3 is 14.8 Å². The number of aromatic nitrogens is 3. The van der Waals surface area contributed by atoms with E-state index in [-0.39, 0.29) is 31.9 Å². The van der Waals surface area contributed by atoms with Crippen molar-refractivity contribution in [2.24, 2.45) is 0 Å². The first-order valence-electron chi connectivity index (χ1n) is 11.7. The molecule has 11 nitrogen and oxygen atoms in total. The van der Waals surface area contributed by atoms with Crippen LogP contribution in [0.2, 0.25) is 0 Å². The standard InChI is InChI=1S/C26H24N4O7S3/c1-16-21(24(32)36-2)23(39-22(16)25(33)37-3)27-20(31)14-38-26-29-28-19(30(26)17-10-6-4-7-11-17)15-40(34,35)18-12-8-5-9-13-18/h4-13H,14-15H2,1-3H3,(H,27,31). The summed E-state index contributed by atoms with van der Waals surface area (Å²) in [5.74, 6) is -2.21. The van der Waals surface area contributed by atoms with Crippen LogP contribution in [-0.2, 0) is 29.9 Å². The van der Waals surface area contributed by atoms with Gasteiger partial charge in [-0.1, -0.05) is 48.2 Å². The molecule has 0 aliphatic heterocycles. The van der Waals surface area contributed by atoms with Crippen LogP contribution in [0.4, 0.5) is 5.00 Å². The van der Waals surface area contributed by atoms with Gasteiger partial charge in [-0.25, -0.2) is 18.0 Å². The SMILES string of the molecule is COC(=O)c1sc(NC(=O)CSc2nnc(CS(=O)(=O)c3ccccc3)n2-c2ccccc2)c(C(=O)OC)c1C. The molecule has 2 aromatic heterocycles. The zero-order valence-electron chi connectivity index (χ0n) is 21.6. The lowest BCUT2D eigenvalue weighted by Crippen LogP contribution is -2.16. The minimum atomic E-state index is -3.72. The lowest BCUT2D eigenvalue weighted by atomic mass is 10.1. The molecular formula is C26H24N4O7S3. The number of methoxy groups -OCH3 is 2. The number of rotatable bonds is 10. The van der Waals surface area contributed by atoms with E-state index in [0.717, 1.165) is 23.1 Å². The molecule has 0 bridgehead atoms. The van der Waals surface area contributed by atoms with E-state index in [1.54, 1.807) is 54.0 Å². The number of esters is 2. The molecule has 0 saturated carbocycles. The van der Waals surface area contributed by atoms with Crippen molar-refractivity contribution in [2.75, 3.05) is 25.3 Å². The molecule has 1 amide bonds. The quantitative estimate of drug-likeness (QED) is 0.210. The number of amides is 1. The second kappa shape index (κ2) is 12.4. The van der Waals surface area contributed by atoms with Crippen molar-refractivity contribution in [3.8, 4) is 5.69 Å². The molecule has 0 fully saturated rings. The van der Waals surface area contributed by atoms with Gasteiger partial charge in [-0.2, -0.15) is 0 Å². The van der Waals surface area contributed by atoms with Gasteiger partial charge in [0.05, 0.1) is 30.4 Å². The Kier molecular flexibility index (Phi) is 9.02. The molecule has 0 atom stereocenters. The number of nitrogens with zero attached hydrogens (tertiary/aromatic N) is 3. The molecule has 0 aliphatic carbocycles. The highest BCUT2D eigenvalue weighted by atomic mass is 32.2. The number of thioether (sulfide) groups is 1. The van der Waals surface area contributed by atoms with E-state index >= 15 is 0 Å². The van der Waals surface area contributed by atoms with Crippen LogP contribution >= 0.6 is 23.1 Å². The Morgan fingerprint density at radius 3 is 2.20 bits per heavy atom. The summed E-state index contributed by atoms with van der Waals surface area (Å²) < 4.78 is 37.3. The van der Waals surface area contributed by atoms with Crippen LogP contribution in [0.25, 0.3) is 5.69 Å². The summed E-state index contributed by atoms with van der Waals surface area (Å²) in [6, 6.07) is 17.0. The number of benzene rings is 2. The van der Waals surface area contributed by atoms with E-state index < -0.39 is 33.4 Å². The topological polar surface area (TPSA) is 147 Å². The number of carbonyl (C=O) groups excluding carboxylic acids is 3. The summed E-state index contributed by atoms with van der Waals surface area (Å²) in [6.45, 7) is 1.56. The van der Waals surface area contributed by atoms with Gasteiger partial charge in [0.15, 0.2) is 20.8 Å². The Labute approximate surface area is 238 Å². The van der Waals surface area contributed by atoms with Crippen molar-refractivity contribution in [2.45, 2.75) is 22.7 Å². The predicted molar refractivity (Wildman–Crippen MR) is 150 cm³/mol. The van der Waals surface area contributed by atoms with E-state index in [1.165, 1.54) is 26.4 Å². The fraction of sp³-hybridized carbons (Fsp3) is 0.192. The summed E-state index contributed by atoms with van der Waals surface area (Å²) >= 11 is 1.94. The van der Waals surface area contributed by atoms with Crippen LogP contribution in [0.5, 0.6) is 0 Å². The molecular weight excluding hydrogens is 577 g/mol. The van der Waals surface area contributed by atoms with Gasteiger partial charge in [0, 0.05) is 5.69 Å². The first kappa shape index (κ1) is 29.0. The largest absolute Gasteiger partial charge is 0.465 e. The Bertz CT molecular complexity index is 1650. The summed E-state index contributed by atoms with van der Waals surface area (Å²) in [5, 5.41) is 11.4. The van der Waals surface area contributed by atoms with Gasteiger partial charge in [-0.15, -0.1) is 21.5 Å². The third-order valence-electron chi connectivity index (χ3n) is 5.63. The van der Waals surface area contributed by atoms with Crippen molar-refractivity contribution >= 4 is 55.8 Å². The number of ether oxygens (including phenoxy) is 2. The van der Waals surface area contributed by atoms with Crippen molar-refractivity contribution in [3.63, 3.8) is 0 Å². The molecule has 0 aliphatic rings. The van der Waals surface area contributed by atoms with Crippen LogP contribution in [0, 0.1) is 6.92 Å². The first-order valence-corrected chi connectivity index (χ1v) is 15.1. The van der Waals surface area contributed by atoms with E-state index in [2.05, 4.69) is 15.5 Å². The molecule has 0 saturated heterocycles. The average molecular weight is 601 g/mol. The first-order chi connectivity index (χ1) is 19.2. The van der Waals surface area contributed by atoms with Gasteiger partial charge in [0.1, 0.15) is 15.6 Å². The van der Waals surface area contributed by atoms with Crippen molar-refractivity contribution in [1.82, 2.24) is 14.8 Å². The zero-order valence-corrected chi connectivity index (χ0v) is 24.1. The molecule has 0 radical (unpaired) electrons. The third-order valence-corrected chi connectivity index (χ3v) is 9.37. The monoisotopic (exact) mass is 600 g/mol. The Hall–Kier alpha value is -4.01. The molecule has 0 spiro atoms. The predicted octanol–water partition coefficient (Wildman–Crippen LogP) is 3.92. The van der Waals surface area contributed by atoms with Crippen LogP contribution < -0.4 is 5.32 Å². The van der Waals surface area contributed by atoms with E-state index in [4.69, 9.17) is 9.47 Å². The summed E-state index contributed by atoms with van der Waals surface area (Å²) in [7, 11) is -1.30. The highest BCUT2D eigenvalue weighted by Gasteiger charge is 2.27. The number of sulfone groups is 1. The van der Waals surface area contributed by atoms with Gasteiger partial charge in [0.25, 0.3) is 0 Å². The Balaban J connectivity index is 1.59. The molecule has 4 aromatic rings. The van der Waals surface area contributed by atoms with Gasteiger partial charge in [-0.05, 0) is 36.8 Å². The third kappa shape index (κ3) is 6.24. The maximum atomic E-state index is 13.1. The number of nitrogens with one attached hydrogen (secondary N) is 1. The molecule has 2 aromatic carbocycles. The average Bonchev–Trinajstić information content (AvgIpc) is 3.51. The van der Waals surface area contributed by atoms with Gasteiger partial charge >= 0.3 is 11.9 Å². The van der Waals surface area contributed by atoms with E-state index in [9.17, 15) is 22.8 Å². The molecule has 208 valence electrons. The Morgan fingerprint density at radius 1 is 0.950 bits per heavy atom. The zero-order chi connectivity index (χ0) is 28.9. The van der Waals surface area contributed by atoms with Crippen LogP contribution in [0.15, 0.2) is 70.7 Å². The summed E-state index contributed by atoms with van der Waals surface area (Å²) in [6.07, 6.45) is 0. The van der Waals surface area contributed by atoms with Crippen LogP contribution in [-0.4, -0.2) is 61.0 Å². The highest BCUT2D eigenvalue weighted by Crippen LogP contribution is 2.34. The molecule has 1 N–H and O–H groups in total.